The molecule has 3 rings (SSSR count). The van der Waals surface area contributed by atoms with Gasteiger partial charge in [0, 0.05) is 11.1 Å². The smallest absolute Gasteiger partial charge is 0.416 e. The molecular weight excluding hydrogens is 363 g/mol. The molecule has 140 valence electrons. The number of fused-ring (bicyclic) bond motifs is 1. The molecule has 5 nitrogen and oxygen atoms in total. The molecule has 0 radical (unpaired) electrons. The van der Waals surface area contributed by atoms with E-state index < -0.39 is 29.7 Å². The highest BCUT2D eigenvalue weighted by molar-refractivity contribution is 5.98. The minimum Gasteiger partial charge on any atom is -0.449 e. The molecule has 1 amide bonds. The Morgan fingerprint density at radius 3 is 2.52 bits per heavy atom. The van der Waals surface area contributed by atoms with E-state index in [0.29, 0.717) is 11.0 Å². The number of rotatable bonds is 4. The average Bonchev–Trinajstić information content (AvgIpc) is 3.05. The van der Waals surface area contributed by atoms with Crippen LogP contribution in [0.3, 0.4) is 0 Å². The van der Waals surface area contributed by atoms with Crippen LogP contribution < -0.4 is 5.32 Å². The number of hydrogen-bond donors (Lipinski definition) is 1. The van der Waals surface area contributed by atoms with E-state index in [1.807, 2.05) is 0 Å². The summed E-state index contributed by atoms with van der Waals surface area (Å²) in [6, 6.07) is 12.6. The van der Waals surface area contributed by atoms with E-state index in [4.69, 9.17) is 9.15 Å². The van der Waals surface area contributed by atoms with Gasteiger partial charge in [0.05, 0.1) is 5.56 Å². The Hall–Kier alpha value is -3.29. The van der Waals surface area contributed by atoms with Crippen molar-refractivity contribution in [3.8, 4) is 0 Å². The van der Waals surface area contributed by atoms with Crippen LogP contribution >= 0.6 is 0 Å². The largest absolute Gasteiger partial charge is 0.449 e. The first-order valence-electron chi connectivity index (χ1n) is 7.92. The number of anilines is 1. The van der Waals surface area contributed by atoms with E-state index in [1.165, 1.54) is 25.1 Å². The van der Waals surface area contributed by atoms with Gasteiger partial charge in [-0.05, 0) is 37.3 Å². The highest BCUT2D eigenvalue weighted by Gasteiger charge is 2.30. The van der Waals surface area contributed by atoms with Crippen molar-refractivity contribution in [2.75, 3.05) is 5.32 Å². The third-order valence-corrected chi connectivity index (χ3v) is 3.74. The molecule has 3 aromatic rings. The van der Waals surface area contributed by atoms with Gasteiger partial charge in [0.2, 0.25) is 5.76 Å². The van der Waals surface area contributed by atoms with Crippen LogP contribution in [0, 0.1) is 0 Å². The van der Waals surface area contributed by atoms with Crippen molar-refractivity contribution in [3.05, 3.63) is 65.9 Å². The molecule has 0 saturated heterocycles. The van der Waals surface area contributed by atoms with Crippen LogP contribution in [0.5, 0.6) is 0 Å². The van der Waals surface area contributed by atoms with E-state index in [2.05, 4.69) is 5.32 Å². The van der Waals surface area contributed by atoms with Crippen molar-refractivity contribution in [2.24, 2.45) is 0 Å². The topological polar surface area (TPSA) is 68.5 Å². The molecule has 27 heavy (non-hydrogen) atoms. The quantitative estimate of drug-likeness (QED) is 0.673. The van der Waals surface area contributed by atoms with Crippen molar-refractivity contribution in [1.29, 1.82) is 0 Å². The van der Waals surface area contributed by atoms with Crippen molar-refractivity contribution >= 4 is 28.5 Å². The van der Waals surface area contributed by atoms with Gasteiger partial charge in [0.25, 0.3) is 5.91 Å². The number of halogens is 3. The van der Waals surface area contributed by atoms with Gasteiger partial charge in [-0.15, -0.1) is 0 Å². The maximum atomic E-state index is 12.7. The second-order valence-electron chi connectivity index (χ2n) is 5.76. The number of esters is 1. The van der Waals surface area contributed by atoms with E-state index in [1.54, 1.807) is 24.3 Å². The lowest BCUT2D eigenvalue weighted by Crippen LogP contribution is -2.30. The summed E-state index contributed by atoms with van der Waals surface area (Å²) in [6.07, 6.45) is -5.76. The highest BCUT2D eigenvalue weighted by Crippen LogP contribution is 2.30. The molecule has 8 heteroatoms. The molecule has 0 aliphatic rings. The van der Waals surface area contributed by atoms with Gasteiger partial charge in [0.15, 0.2) is 6.10 Å². The number of hydrogen-bond acceptors (Lipinski definition) is 4. The zero-order chi connectivity index (χ0) is 19.6. The van der Waals surface area contributed by atoms with Crippen LogP contribution in [0.25, 0.3) is 11.0 Å². The lowest BCUT2D eigenvalue weighted by atomic mass is 10.2. The first-order chi connectivity index (χ1) is 12.7. The van der Waals surface area contributed by atoms with E-state index in [-0.39, 0.29) is 11.4 Å². The van der Waals surface area contributed by atoms with Crippen LogP contribution in [0.15, 0.2) is 59.0 Å². The SMILES string of the molecule is C[C@H](OC(=O)c1cc2ccccc2o1)C(=O)Nc1cccc(C(F)(F)F)c1. The normalized spacial score (nSPS) is 12.6. The Morgan fingerprint density at radius 2 is 1.81 bits per heavy atom. The molecule has 0 aliphatic carbocycles. The fourth-order valence-electron chi connectivity index (χ4n) is 2.37. The van der Waals surface area contributed by atoms with Crippen LogP contribution in [0.2, 0.25) is 0 Å². The minimum absolute atomic E-state index is 0.0542. The Labute approximate surface area is 151 Å². The lowest BCUT2D eigenvalue weighted by Gasteiger charge is -2.14. The van der Waals surface area contributed by atoms with Gasteiger partial charge in [-0.3, -0.25) is 4.79 Å². The van der Waals surface area contributed by atoms with Crippen molar-refractivity contribution in [1.82, 2.24) is 0 Å². The Kier molecular flexibility index (Phi) is 4.89. The first kappa shape index (κ1) is 18.5. The second-order valence-corrected chi connectivity index (χ2v) is 5.76. The summed E-state index contributed by atoms with van der Waals surface area (Å²) < 4.78 is 48.5. The molecule has 1 atom stereocenters. The molecule has 0 spiro atoms. The average molecular weight is 377 g/mol. The molecule has 1 N–H and O–H groups in total. The molecule has 0 unspecified atom stereocenters. The minimum atomic E-state index is -4.53. The fourth-order valence-corrected chi connectivity index (χ4v) is 2.37. The third kappa shape index (κ3) is 4.28. The van der Waals surface area contributed by atoms with Crippen molar-refractivity contribution in [2.45, 2.75) is 19.2 Å². The second kappa shape index (κ2) is 7.14. The fraction of sp³-hybridized carbons (Fsp3) is 0.158. The van der Waals surface area contributed by atoms with Crippen LogP contribution in [0.4, 0.5) is 18.9 Å². The van der Waals surface area contributed by atoms with Crippen LogP contribution in [0.1, 0.15) is 23.0 Å². The number of furan rings is 1. The number of amides is 1. The van der Waals surface area contributed by atoms with E-state index in [9.17, 15) is 22.8 Å². The standard InChI is InChI=1S/C19H14F3NO4/c1-11(17(24)23-14-7-4-6-13(10-14)19(20,21)22)26-18(25)16-9-12-5-2-3-8-15(12)27-16/h2-11H,1H3,(H,23,24)/t11-/m0/s1. The first-order valence-corrected chi connectivity index (χ1v) is 7.92. The summed E-state index contributed by atoms with van der Waals surface area (Å²) in [5.74, 6) is -1.69. The van der Waals surface area contributed by atoms with Crippen LogP contribution in [-0.4, -0.2) is 18.0 Å². The monoisotopic (exact) mass is 377 g/mol. The molecule has 1 heterocycles. The zero-order valence-electron chi connectivity index (χ0n) is 14.0. The Bertz CT molecular complexity index is 961. The summed E-state index contributed by atoms with van der Waals surface area (Å²) in [5, 5.41) is 2.99. The molecular formula is C19H14F3NO4. The number of carbonyl (C=O) groups is 2. The predicted molar refractivity (Wildman–Crippen MR) is 91.2 cm³/mol. The van der Waals surface area contributed by atoms with Gasteiger partial charge >= 0.3 is 12.1 Å². The maximum absolute atomic E-state index is 12.7. The van der Waals surface area contributed by atoms with Crippen molar-refractivity contribution < 1.29 is 31.9 Å². The summed E-state index contributed by atoms with van der Waals surface area (Å²) in [4.78, 5) is 24.2. The number of ether oxygens (including phenoxy) is 1. The highest BCUT2D eigenvalue weighted by atomic mass is 19.4. The molecule has 0 aliphatic heterocycles. The zero-order valence-corrected chi connectivity index (χ0v) is 14.0. The lowest BCUT2D eigenvalue weighted by molar-refractivity contribution is -0.137. The van der Waals surface area contributed by atoms with E-state index in [0.717, 1.165) is 12.1 Å². The Morgan fingerprint density at radius 1 is 1.07 bits per heavy atom. The van der Waals surface area contributed by atoms with Gasteiger partial charge in [-0.2, -0.15) is 13.2 Å². The molecule has 2 aromatic carbocycles. The number of benzene rings is 2. The van der Waals surface area contributed by atoms with Gasteiger partial charge in [0.1, 0.15) is 5.58 Å². The van der Waals surface area contributed by atoms with Crippen LogP contribution in [-0.2, 0) is 15.7 Å². The summed E-state index contributed by atoms with van der Waals surface area (Å²) in [5.41, 5.74) is -0.459. The number of alkyl halides is 3. The van der Waals surface area contributed by atoms with Crippen molar-refractivity contribution in [3.63, 3.8) is 0 Å². The summed E-state index contributed by atoms with van der Waals surface area (Å²) >= 11 is 0. The summed E-state index contributed by atoms with van der Waals surface area (Å²) in [6.45, 7) is 1.31. The van der Waals surface area contributed by atoms with Gasteiger partial charge in [-0.25, -0.2) is 4.79 Å². The number of para-hydroxylation sites is 1. The van der Waals surface area contributed by atoms with Gasteiger partial charge in [-0.1, -0.05) is 24.3 Å². The molecule has 1 aromatic heterocycles. The maximum Gasteiger partial charge on any atom is 0.416 e. The number of carbonyl (C=O) groups excluding carboxylic acids is 2. The number of nitrogens with one attached hydrogen (secondary N) is 1. The molecule has 0 fully saturated rings. The molecule has 0 saturated carbocycles. The summed E-state index contributed by atoms with van der Waals surface area (Å²) in [7, 11) is 0. The van der Waals surface area contributed by atoms with E-state index >= 15 is 0 Å². The van der Waals surface area contributed by atoms with Gasteiger partial charge < -0.3 is 14.5 Å². The molecule has 0 bridgehead atoms. The Balaban J connectivity index is 1.66. The predicted octanol–water partition coefficient (Wildman–Crippen LogP) is 4.64. The third-order valence-electron chi connectivity index (χ3n) is 3.74.